The molecule has 3 aromatic rings. The number of rotatable bonds is 6. The first-order chi connectivity index (χ1) is 12.2. The van der Waals surface area contributed by atoms with Crippen molar-refractivity contribution in [1.82, 2.24) is 4.98 Å². The largest absolute Gasteiger partial charge is 0.497 e. The third kappa shape index (κ3) is 4.16. The van der Waals surface area contributed by atoms with E-state index in [-0.39, 0.29) is 5.91 Å². The van der Waals surface area contributed by atoms with Crippen molar-refractivity contribution in [1.29, 1.82) is 0 Å². The van der Waals surface area contributed by atoms with Crippen LogP contribution in [0.1, 0.15) is 17.4 Å². The molecule has 6 heteroatoms. The van der Waals surface area contributed by atoms with Crippen LogP contribution in [0.3, 0.4) is 0 Å². The van der Waals surface area contributed by atoms with Crippen LogP contribution in [0.2, 0.25) is 0 Å². The van der Waals surface area contributed by atoms with E-state index in [0.29, 0.717) is 18.0 Å². The Morgan fingerprint density at radius 1 is 1.08 bits per heavy atom. The number of thiazole rings is 1. The average molecular weight is 354 g/mol. The number of hydrogen-bond donors (Lipinski definition) is 1. The smallest absolute Gasteiger partial charge is 0.275 e. The molecule has 0 aliphatic rings. The number of nitrogens with zero attached hydrogens (tertiary/aromatic N) is 1. The first kappa shape index (κ1) is 17.0. The molecule has 0 aliphatic carbocycles. The number of methoxy groups -OCH3 is 1. The first-order valence-corrected chi connectivity index (χ1v) is 8.71. The molecular formula is C19H18N2O3S. The van der Waals surface area contributed by atoms with Crippen molar-refractivity contribution in [2.75, 3.05) is 19.0 Å². The lowest BCUT2D eigenvalue weighted by atomic mass is 10.2. The number of nitrogens with one attached hydrogen (secondary N) is 1. The quantitative estimate of drug-likeness (QED) is 0.709. The highest BCUT2D eigenvalue weighted by Crippen LogP contribution is 2.26. The van der Waals surface area contributed by atoms with Crippen LogP contribution in [-0.2, 0) is 0 Å². The number of anilines is 1. The van der Waals surface area contributed by atoms with Crippen molar-refractivity contribution in [3.05, 3.63) is 59.6 Å². The van der Waals surface area contributed by atoms with Gasteiger partial charge in [0, 0.05) is 16.6 Å². The molecule has 0 radical (unpaired) electrons. The molecule has 0 unspecified atom stereocenters. The van der Waals surface area contributed by atoms with Crippen LogP contribution >= 0.6 is 11.3 Å². The van der Waals surface area contributed by atoms with Crippen LogP contribution in [0.25, 0.3) is 10.6 Å². The maximum Gasteiger partial charge on any atom is 0.275 e. The monoisotopic (exact) mass is 354 g/mol. The second-order valence-electron chi connectivity index (χ2n) is 5.18. The van der Waals surface area contributed by atoms with Crippen molar-refractivity contribution >= 4 is 22.9 Å². The summed E-state index contributed by atoms with van der Waals surface area (Å²) in [5.74, 6) is 1.32. The molecule has 0 aliphatic heterocycles. The molecule has 2 aromatic carbocycles. The standard InChI is InChI=1S/C19H18N2O3S/c1-3-24-16-10-6-14(7-11-16)20-18(22)17-12-25-19(21-17)13-4-8-15(23-2)9-5-13/h4-12H,3H2,1-2H3,(H,20,22). The average Bonchev–Trinajstić information content (AvgIpc) is 3.14. The number of amides is 1. The fourth-order valence-electron chi connectivity index (χ4n) is 2.24. The second-order valence-corrected chi connectivity index (χ2v) is 6.04. The van der Waals surface area contributed by atoms with Crippen molar-refractivity contribution in [2.24, 2.45) is 0 Å². The van der Waals surface area contributed by atoms with Crippen LogP contribution in [0.15, 0.2) is 53.9 Å². The molecule has 0 spiro atoms. The number of ether oxygens (including phenoxy) is 2. The Balaban J connectivity index is 1.69. The van der Waals surface area contributed by atoms with Gasteiger partial charge in [-0.3, -0.25) is 4.79 Å². The second kappa shape index (κ2) is 7.81. The van der Waals surface area contributed by atoms with Gasteiger partial charge in [-0.25, -0.2) is 4.98 Å². The van der Waals surface area contributed by atoms with Gasteiger partial charge in [0.2, 0.25) is 0 Å². The molecule has 0 bridgehead atoms. The number of benzene rings is 2. The summed E-state index contributed by atoms with van der Waals surface area (Å²) in [6, 6.07) is 14.8. The first-order valence-electron chi connectivity index (χ1n) is 7.83. The minimum Gasteiger partial charge on any atom is -0.497 e. The normalized spacial score (nSPS) is 10.3. The van der Waals surface area contributed by atoms with Crippen LogP contribution in [-0.4, -0.2) is 24.6 Å². The zero-order chi connectivity index (χ0) is 17.6. The van der Waals surface area contributed by atoms with Gasteiger partial charge >= 0.3 is 0 Å². The van der Waals surface area contributed by atoms with Crippen LogP contribution < -0.4 is 14.8 Å². The molecule has 5 nitrogen and oxygen atoms in total. The van der Waals surface area contributed by atoms with Gasteiger partial charge in [-0.2, -0.15) is 0 Å². The van der Waals surface area contributed by atoms with E-state index >= 15 is 0 Å². The molecule has 0 saturated carbocycles. The molecule has 1 amide bonds. The summed E-state index contributed by atoms with van der Waals surface area (Å²) >= 11 is 1.43. The number of aromatic nitrogens is 1. The molecule has 1 heterocycles. The van der Waals surface area contributed by atoms with E-state index in [4.69, 9.17) is 9.47 Å². The van der Waals surface area contributed by atoms with Gasteiger partial charge in [0.1, 0.15) is 22.2 Å². The van der Waals surface area contributed by atoms with Crippen LogP contribution in [0.5, 0.6) is 11.5 Å². The maximum atomic E-state index is 12.4. The summed E-state index contributed by atoms with van der Waals surface area (Å²) in [6.45, 7) is 2.54. The third-order valence-electron chi connectivity index (χ3n) is 3.50. The molecular weight excluding hydrogens is 336 g/mol. The van der Waals surface area contributed by atoms with Gasteiger partial charge in [-0.15, -0.1) is 11.3 Å². The number of carbonyl (C=O) groups excluding carboxylic acids is 1. The summed E-state index contributed by atoms with van der Waals surface area (Å²) < 4.78 is 10.5. The lowest BCUT2D eigenvalue weighted by Gasteiger charge is -2.06. The Hall–Kier alpha value is -2.86. The molecule has 0 saturated heterocycles. The number of carbonyl (C=O) groups is 1. The minimum atomic E-state index is -0.236. The Morgan fingerprint density at radius 3 is 2.40 bits per heavy atom. The van der Waals surface area contributed by atoms with Gasteiger partial charge in [0.15, 0.2) is 0 Å². The van der Waals surface area contributed by atoms with Crippen molar-refractivity contribution < 1.29 is 14.3 Å². The third-order valence-corrected chi connectivity index (χ3v) is 4.39. The van der Waals surface area contributed by atoms with E-state index in [2.05, 4.69) is 10.3 Å². The Bertz CT molecular complexity index is 842. The van der Waals surface area contributed by atoms with Gasteiger partial charge in [0.05, 0.1) is 13.7 Å². The van der Waals surface area contributed by atoms with Gasteiger partial charge in [0.25, 0.3) is 5.91 Å². The van der Waals surface area contributed by atoms with Gasteiger partial charge in [-0.05, 0) is 55.5 Å². The topological polar surface area (TPSA) is 60.5 Å². The van der Waals surface area contributed by atoms with E-state index in [1.54, 1.807) is 24.6 Å². The summed E-state index contributed by atoms with van der Waals surface area (Å²) in [5.41, 5.74) is 2.04. The molecule has 0 atom stereocenters. The summed E-state index contributed by atoms with van der Waals surface area (Å²) in [4.78, 5) is 16.8. The van der Waals surface area contributed by atoms with E-state index in [1.807, 2.05) is 43.3 Å². The molecule has 25 heavy (non-hydrogen) atoms. The van der Waals surface area contributed by atoms with Gasteiger partial charge < -0.3 is 14.8 Å². The fraction of sp³-hybridized carbons (Fsp3) is 0.158. The highest BCUT2D eigenvalue weighted by atomic mass is 32.1. The summed E-state index contributed by atoms with van der Waals surface area (Å²) in [7, 11) is 1.63. The zero-order valence-electron chi connectivity index (χ0n) is 14.0. The fourth-order valence-corrected chi connectivity index (χ4v) is 3.05. The van der Waals surface area contributed by atoms with E-state index < -0.39 is 0 Å². The van der Waals surface area contributed by atoms with Crippen molar-refractivity contribution in [3.63, 3.8) is 0 Å². The van der Waals surface area contributed by atoms with Crippen LogP contribution in [0.4, 0.5) is 5.69 Å². The Morgan fingerprint density at radius 2 is 1.76 bits per heavy atom. The molecule has 3 rings (SSSR count). The molecule has 128 valence electrons. The lowest BCUT2D eigenvalue weighted by Crippen LogP contribution is -2.12. The van der Waals surface area contributed by atoms with E-state index in [9.17, 15) is 4.79 Å². The molecule has 0 fully saturated rings. The van der Waals surface area contributed by atoms with E-state index in [1.165, 1.54) is 11.3 Å². The Kier molecular flexibility index (Phi) is 5.30. The summed E-state index contributed by atoms with van der Waals surface area (Å²) in [5, 5.41) is 5.38. The predicted molar refractivity (Wildman–Crippen MR) is 99.7 cm³/mol. The SMILES string of the molecule is CCOc1ccc(NC(=O)c2csc(-c3ccc(OC)cc3)n2)cc1. The van der Waals surface area contributed by atoms with Crippen molar-refractivity contribution in [3.8, 4) is 22.1 Å². The predicted octanol–water partition coefficient (Wildman–Crippen LogP) is 4.47. The van der Waals surface area contributed by atoms with E-state index in [0.717, 1.165) is 22.1 Å². The van der Waals surface area contributed by atoms with Gasteiger partial charge in [-0.1, -0.05) is 0 Å². The zero-order valence-corrected chi connectivity index (χ0v) is 14.8. The minimum absolute atomic E-state index is 0.236. The highest BCUT2D eigenvalue weighted by Gasteiger charge is 2.12. The van der Waals surface area contributed by atoms with Crippen molar-refractivity contribution in [2.45, 2.75) is 6.92 Å². The molecule has 1 N–H and O–H groups in total. The lowest BCUT2D eigenvalue weighted by molar-refractivity contribution is 0.102. The van der Waals surface area contributed by atoms with Crippen LogP contribution in [0, 0.1) is 0 Å². The highest BCUT2D eigenvalue weighted by molar-refractivity contribution is 7.13. The number of hydrogen-bond acceptors (Lipinski definition) is 5. The summed E-state index contributed by atoms with van der Waals surface area (Å²) in [6.07, 6.45) is 0. The Labute approximate surface area is 150 Å². The molecule has 1 aromatic heterocycles. The maximum absolute atomic E-state index is 12.4.